The van der Waals surface area contributed by atoms with E-state index in [0.29, 0.717) is 23.5 Å². The zero-order valence-corrected chi connectivity index (χ0v) is 14.8. The number of ether oxygens (including phenoxy) is 2. The third kappa shape index (κ3) is 3.18. The largest absolute Gasteiger partial charge is 0.488 e. The number of hydrogen-bond donors (Lipinski definition) is 0. The minimum atomic E-state index is -0.401. The van der Waals surface area contributed by atoms with Gasteiger partial charge in [-0.1, -0.05) is 12.2 Å². The summed E-state index contributed by atoms with van der Waals surface area (Å²) in [6.07, 6.45) is 4.92. The molecule has 1 fully saturated rings. The van der Waals surface area contributed by atoms with E-state index in [-0.39, 0.29) is 12.2 Å². The highest BCUT2D eigenvalue weighted by atomic mass is 16.6. The van der Waals surface area contributed by atoms with Crippen molar-refractivity contribution in [3.63, 3.8) is 0 Å². The minimum Gasteiger partial charge on any atom is -0.488 e. The van der Waals surface area contributed by atoms with Crippen molar-refractivity contribution in [2.75, 3.05) is 6.61 Å². The van der Waals surface area contributed by atoms with Crippen LogP contribution in [0.15, 0.2) is 68.0 Å². The lowest BCUT2D eigenvalue weighted by atomic mass is 10.1. The van der Waals surface area contributed by atoms with Crippen LogP contribution in [0, 0.1) is 0 Å². The highest BCUT2D eigenvalue weighted by Crippen LogP contribution is 2.35. The van der Waals surface area contributed by atoms with Crippen LogP contribution in [-0.4, -0.2) is 18.8 Å². The molecule has 0 amide bonds. The van der Waals surface area contributed by atoms with Gasteiger partial charge in [0.25, 0.3) is 0 Å². The summed E-state index contributed by atoms with van der Waals surface area (Å²) in [5.74, 6) is 0.654. The molecule has 0 saturated carbocycles. The molecule has 2 aromatic heterocycles. The normalized spacial score (nSPS) is 19.8. The number of hydrogen-bond acceptors (Lipinski definition) is 5. The summed E-state index contributed by atoms with van der Waals surface area (Å²) in [4.78, 5) is 11.5. The molecule has 0 bridgehead atoms. The highest BCUT2D eigenvalue weighted by Gasteiger charge is 2.38. The molecule has 1 aromatic carbocycles. The predicted octanol–water partition coefficient (Wildman–Crippen LogP) is 4.60. The zero-order chi connectivity index (χ0) is 18.3. The first-order valence-corrected chi connectivity index (χ1v) is 8.56. The maximum absolute atomic E-state index is 11.5. The fraction of sp³-hybridized carbons (Fsp3) is 0.286. The molecule has 3 aromatic rings. The van der Waals surface area contributed by atoms with Crippen molar-refractivity contribution in [2.24, 2.45) is 0 Å². The van der Waals surface area contributed by atoms with E-state index in [9.17, 15) is 4.79 Å². The van der Waals surface area contributed by atoms with E-state index in [0.717, 1.165) is 22.8 Å². The number of fused-ring (bicyclic) bond motifs is 2. The Kier molecular flexibility index (Phi) is 4.17. The molecule has 4 rings (SSSR count). The van der Waals surface area contributed by atoms with E-state index in [2.05, 4.69) is 13.5 Å². The SMILES string of the molecule is C=C(C)C1OC1CC(C)=CCOc1c2ccoc2cc2oc(=O)ccc12. The summed E-state index contributed by atoms with van der Waals surface area (Å²) in [7, 11) is 0. The molecule has 0 N–H and O–H groups in total. The molecule has 0 aliphatic carbocycles. The second kappa shape index (κ2) is 6.50. The van der Waals surface area contributed by atoms with Crippen molar-refractivity contribution in [3.8, 4) is 5.75 Å². The summed E-state index contributed by atoms with van der Waals surface area (Å²) in [6, 6.07) is 6.67. The number of epoxide rings is 1. The Morgan fingerprint density at radius 3 is 2.81 bits per heavy atom. The summed E-state index contributed by atoms with van der Waals surface area (Å²) in [6.45, 7) is 8.39. The Morgan fingerprint density at radius 2 is 2.04 bits per heavy atom. The van der Waals surface area contributed by atoms with Gasteiger partial charge in [0.05, 0.1) is 23.1 Å². The van der Waals surface area contributed by atoms with Crippen LogP contribution >= 0.6 is 0 Å². The Labute approximate surface area is 150 Å². The molecule has 0 spiro atoms. The van der Waals surface area contributed by atoms with Gasteiger partial charge in [-0.25, -0.2) is 4.79 Å². The molecule has 5 heteroatoms. The van der Waals surface area contributed by atoms with Gasteiger partial charge in [-0.05, 0) is 44.1 Å². The first kappa shape index (κ1) is 16.7. The summed E-state index contributed by atoms with van der Waals surface area (Å²) in [5.41, 5.74) is 2.94. The van der Waals surface area contributed by atoms with E-state index in [1.165, 1.54) is 11.6 Å². The van der Waals surface area contributed by atoms with Crippen molar-refractivity contribution < 1.29 is 18.3 Å². The Balaban J connectivity index is 1.54. The molecule has 0 radical (unpaired) electrons. The second-order valence-electron chi connectivity index (χ2n) is 6.71. The van der Waals surface area contributed by atoms with Gasteiger partial charge in [-0.15, -0.1) is 0 Å². The van der Waals surface area contributed by atoms with Crippen LogP contribution in [0.3, 0.4) is 0 Å². The quantitative estimate of drug-likeness (QED) is 0.368. The van der Waals surface area contributed by atoms with Crippen LogP contribution in [0.4, 0.5) is 0 Å². The number of benzene rings is 1. The Hall–Kier alpha value is -2.79. The zero-order valence-electron chi connectivity index (χ0n) is 14.8. The van der Waals surface area contributed by atoms with Crippen LogP contribution in [0.5, 0.6) is 5.75 Å². The van der Waals surface area contributed by atoms with Crippen LogP contribution in [0.2, 0.25) is 0 Å². The first-order chi connectivity index (χ1) is 12.5. The fourth-order valence-corrected chi connectivity index (χ4v) is 3.17. The average Bonchev–Trinajstić information content (AvgIpc) is 3.20. The number of furan rings is 1. The van der Waals surface area contributed by atoms with Gasteiger partial charge < -0.3 is 18.3 Å². The van der Waals surface area contributed by atoms with Crippen LogP contribution < -0.4 is 10.4 Å². The van der Waals surface area contributed by atoms with Gasteiger partial charge in [0.2, 0.25) is 0 Å². The summed E-state index contributed by atoms with van der Waals surface area (Å²) < 4.78 is 22.3. The molecule has 1 aliphatic heterocycles. The van der Waals surface area contributed by atoms with E-state index < -0.39 is 5.63 Å². The Morgan fingerprint density at radius 1 is 1.23 bits per heavy atom. The molecule has 1 saturated heterocycles. The van der Waals surface area contributed by atoms with Gasteiger partial charge >= 0.3 is 5.63 Å². The van der Waals surface area contributed by atoms with E-state index in [1.54, 1.807) is 18.4 Å². The predicted molar refractivity (Wildman–Crippen MR) is 99.6 cm³/mol. The molecule has 3 heterocycles. The average molecular weight is 352 g/mol. The Bertz CT molecular complexity index is 1070. The van der Waals surface area contributed by atoms with Crippen LogP contribution in [-0.2, 0) is 4.74 Å². The third-order valence-electron chi connectivity index (χ3n) is 4.56. The highest BCUT2D eigenvalue weighted by molar-refractivity contribution is 6.01. The third-order valence-corrected chi connectivity index (χ3v) is 4.56. The lowest BCUT2D eigenvalue weighted by Gasteiger charge is -2.09. The molecule has 26 heavy (non-hydrogen) atoms. The maximum Gasteiger partial charge on any atom is 0.336 e. The first-order valence-electron chi connectivity index (χ1n) is 8.56. The molecular formula is C21H20O5. The fourth-order valence-electron chi connectivity index (χ4n) is 3.17. The van der Waals surface area contributed by atoms with Crippen molar-refractivity contribution >= 4 is 21.9 Å². The van der Waals surface area contributed by atoms with Crippen molar-refractivity contribution in [3.05, 3.63) is 64.7 Å². The molecular weight excluding hydrogens is 332 g/mol. The lowest BCUT2D eigenvalue weighted by molar-refractivity contribution is 0.366. The standard InChI is InChI=1S/C21H20O5/c1-12(2)20-18(26-20)10-13(3)6-8-24-21-14-4-5-19(22)25-17(14)11-16-15(21)7-9-23-16/h4-7,9,11,18,20H,1,8,10H2,2-3H3. The monoisotopic (exact) mass is 352 g/mol. The lowest BCUT2D eigenvalue weighted by Crippen LogP contribution is -2.00. The molecule has 2 unspecified atom stereocenters. The van der Waals surface area contributed by atoms with E-state index >= 15 is 0 Å². The van der Waals surface area contributed by atoms with Gasteiger partial charge in [0.1, 0.15) is 29.6 Å². The van der Waals surface area contributed by atoms with E-state index in [1.807, 2.05) is 19.1 Å². The molecule has 5 nitrogen and oxygen atoms in total. The molecule has 134 valence electrons. The molecule has 1 aliphatic rings. The number of rotatable bonds is 6. The van der Waals surface area contributed by atoms with Gasteiger partial charge in [-0.3, -0.25) is 0 Å². The summed E-state index contributed by atoms with van der Waals surface area (Å²) >= 11 is 0. The second-order valence-corrected chi connectivity index (χ2v) is 6.71. The smallest absolute Gasteiger partial charge is 0.336 e. The van der Waals surface area contributed by atoms with Gasteiger partial charge in [0.15, 0.2) is 0 Å². The summed E-state index contributed by atoms with van der Waals surface area (Å²) in [5, 5.41) is 1.60. The van der Waals surface area contributed by atoms with Gasteiger partial charge in [0, 0.05) is 12.1 Å². The maximum atomic E-state index is 11.5. The van der Waals surface area contributed by atoms with Crippen LogP contribution in [0.1, 0.15) is 20.3 Å². The van der Waals surface area contributed by atoms with Crippen molar-refractivity contribution in [1.29, 1.82) is 0 Å². The molecule has 2 atom stereocenters. The minimum absolute atomic E-state index is 0.186. The topological polar surface area (TPSA) is 65.1 Å². The van der Waals surface area contributed by atoms with Crippen molar-refractivity contribution in [2.45, 2.75) is 32.5 Å². The van der Waals surface area contributed by atoms with Gasteiger partial charge in [-0.2, -0.15) is 0 Å². The van der Waals surface area contributed by atoms with Crippen molar-refractivity contribution in [1.82, 2.24) is 0 Å². The van der Waals surface area contributed by atoms with E-state index in [4.69, 9.17) is 18.3 Å². The van der Waals surface area contributed by atoms with Crippen LogP contribution in [0.25, 0.3) is 21.9 Å².